The minimum atomic E-state index is -0.554. The van der Waals surface area contributed by atoms with Crippen LogP contribution in [0.3, 0.4) is 0 Å². The van der Waals surface area contributed by atoms with E-state index in [4.69, 9.17) is 11.6 Å². The monoisotopic (exact) mass is 310 g/mol. The summed E-state index contributed by atoms with van der Waals surface area (Å²) in [4.78, 5) is 2.12. The minimum absolute atomic E-state index is 0.554. The van der Waals surface area contributed by atoms with Crippen LogP contribution in [0.25, 0.3) is 0 Å². The Morgan fingerprint density at radius 1 is 1.33 bits per heavy atom. The van der Waals surface area contributed by atoms with Crippen LogP contribution in [0.1, 0.15) is 44.6 Å². The molecule has 2 rings (SSSR count). The zero-order valence-corrected chi connectivity index (χ0v) is 13.9. The lowest BCUT2D eigenvalue weighted by molar-refractivity contribution is 0.0559. The number of likely N-dealkylation sites (N-methyl/N-ethyl adjacent to an activating group) is 1. The molecule has 1 aromatic carbocycles. The lowest BCUT2D eigenvalue weighted by atomic mass is 10.0. The Balaban J connectivity index is 2.12. The highest BCUT2D eigenvalue weighted by atomic mass is 35.5. The van der Waals surface area contributed by atoms with Crippen molar-refractivity contribution >= 4 is 17.3 Å². The van der Waals surface area contributed by atoms with Crippen LogP contribution in [0.15, 0.2) is 18.2 Å². The molecule has 0 radical (unpaired) electrons. The number of hydrogen-bond acceptors (Lipinski definition) is 3. The van der Waals surface area contributed by atoms with E-state index in [1.807, 2.05) is 19.2 Å². The molecule has 0 aliphatic heterocycles. The van der Waals surface area contributed by atoms with E-state index in [2.05, 4.69) is 23.2 Å². The summed E-state index contributed by atoms with van der Waals surface area (Å²) < 4.78 is 0. The van der Waals surface area contributed by atoms with Gasteiger partial charge in [0, 0.05) is 20.1 Å². The number of nitrogens with one attached hydrogen (secondary N) is 1. The van der Waals surface area contributed by atoms with Gasteiger partial charge in [-0.1, -0.05) is 43.5 Å². The lowest BCUT2D eigenvalue weighted by Gasteiger charge is -2.32. The van der Waals surface area contributed by atoms with Crippen LogP contribution < -0.4 is 10.2 Å². The molecular formula is C17H27ClN2O. The SMILES string of the molecule is CCCNCc1cccc(Cl)c1N(C)CC1(O)CCCC1. The normalized spacial score (nSPS) is 17.1. The first-order chi connectivity index (χ1) is 10.1. The van der Waals surface area contributed by atoms with E-state index in [9.17, 15) is 5.11 Å². The number of hydrogen-bond donors (Lipinski definition) is 2. The van der Waals surface area contributed by atoms with Crippen molar-refractivity contribution < 1.29 is 5.11 Å². The van der Waals surface area contributed by atoms with Crippen molar-refractivity contribution in [2.75, 3.05) is 25.0 Å². The van der Waals surface area contributed by atoms with Crippen LogP contribution in [-0.4, -0.2) is 30.8 Å². The van der Waals surface area contributed by atoms with Crippen LogP contribution in [0.4, 0.5) is 5.69 Å². The summed E-state index contributed by atoms with van der Waals surface area (Å²) in [5.74, 6) is 0. The first-order valence-electron chi connectivity index (χ1n) is 7.97. The second-order valence-electron chi connectivity index (χ2n) is 6.21. The van der Waals surface area contributed by atoms with Gasteiger partial charge < -0.3 is 15.3 Å². The quantitative estimate of drug-likeness (QED) is 0.756. The summed E-state index contributed by atoms with van der Waals surface area (Å²) >= 11 is 6.42. The summed E-state index contributed by atoms with van der Waals surface area (Å²) in [7, 11) is 2.03. The van der Waals surface area contributed by atoms with E-state index in [-0.39, 0.29) is 0 Å². The number of benzene rings is 1. The predicted octanol–water partition coefficient (Wildman–Crippen LogP) is 3.58. The van der Waals surface area contributed by atoms with Crippen LogP contribution in [-0.2, 0) is 6.54 Å². The van der Waals surface area contributed by atoms with Gasteiger partial charge in [0.2, 0.25) is 0 Å². The zero-order valence-electron chi connectivity index (χ0n) is 13.2. The molecule has 1 aliphatic rings. The maximum Gasteiger partial charge on any atom is 0.0821 e. The third kappa shape index (κ3) is 4.35. The third-order valence-electron chi connectivity index (χ3n) is 4.26. The minimum Gasteiger partial charge on any atom is -0.388 e. The van der Waals surface area contributed by atoms with Crippen molar-refractivity contribution in [2.45, 2.75) is 51.2 Å². The summed E-state index contributed by atoms with van der Waals surface area (Å²) in [6.45, 7) is 4.62. The molecule has 4 heteroatoms. The molecule has 3 nitrogen and oxygen atoms in total. The van der Waals surface area contributed by atoms with E-state index in [1.54, 1.807) is 0 Å². The van der Waals surface area contributed by atoms with Crippen LogP contribution in [0, 0.1) is 0 Å². The molecule has 118 valence electrons. The Morgan fingerprint density at radius 2 is 2.05 bits per heavy atom. The summed E-state index contributed by atoms with van der Waals surface area (Å²) in [5, 5.41) is 14.8. The molecule has 1 aliphatic carbocycles. The zero-order chi connectivity index (χ0) is 15.3. The molecule has 0 bridgehead atoms. The highest BCUT2D eigenvalue weighted by Gasteiger charge is 2.33. The van der Waals surface area contributed by atoms with Gasteiger partial charge in [0.25, 0.3) is 0 Å². The lowest BCUT2D eigenvalue weighted by Crippen LogP contribution is -2.39. The Morgan fingerprint density at radius 3 is 2.71 bits per heavy atom. The Bertz CT molecular complexity index is 458. The molecule has 1 fully saturated rings. The highest BCUT2D eigenvalue weighted by Crippen LogP contribution is 2.34. The van der Waals surface area contributed by atoms with Gasteiger partial charge in [-0.2, -0.15) is 0 Å². The Kier molecular flexibility index (Phi) is 5.91. The molecule has 0 atom stereocenters. The van der Waals surface area contributed by atoms with Crippen molar-refractivity contribution in [1.82, 2.24) is 5.32 Å². The molecule has 21 heavy (non-hydrogen) atoms. The van der Waals surface area contributed by atoms with E-state index >= 15 is 0 Å². The van der Waals surface area contributed by atoms with Gasteiger partial charge in [0.05, 0.1) is 16.3 Å². The fourth-order valence-corrected chi connectivity index (χ4v) is 3.58. The molecule has 1 aromatic rings. The largest absolute Gasteiger partial charge is 0.388 e. The number of aliphatic hydroxyl groups is 1. The molecule has 0 unspecified atom stereocenters. The molecule has 0 saturated heterocycles. The van der Waals surface area contributed by atoms with E-state index in [0.717, 1.165) is 55.9 Å². The fourth-order valence-electron chi connectivity index (χ4n) is 3.24. The van der Waals surface area contributed by atoms with E-state index in [1.165, 1.54) is 5.56 Å². The Labute approximate surface area is 133 Å². The molecule has 0 heterocycles. The van der Waals surface area contributed by atoms with Gasteiger partial charge in [-0.15, -0.1) is 0 Å². The predicted molar refractivity (Wildman–Crippen MR) is 90.1 cm³/mol. The van der Waals surface area contributed by atoms with Crippen LogP contribution in [0.5, 0.6) is 0 Å². The second kappa shape index (κ2) is 7.48. The topological polar surface area (TPSA) is 35.5 Å². The molecule has 0 aromatic heterocycles. The van der Waals surface area contributed by atoms with E-state index < -0.39 is 5.60 Å². The highest BCUT2D eigenvalue weighted by molar-refractivity contribution is 6.33. The molecular weight excluding hydrogens is 284 g/mol. The fraction of sp³-hybridized carbons (Fsp3) is 0.647. The van der Waals surface area contributed by atoms with Crippen molar-refractivity contribution in [3.05, 3.63) is 28.8 Å². The maximum atomic E-state index is 10.6. The van der Waals surface area contributed by atoms with Gasteiger partial charge in [0.1, 0.15) is 0 Å². The van der Waals surface area contributed by atoms with Crippen molar-refractivity contribution in [2.24, 2.45) is 0 Å². The second-order valence-corrected chi connectivity index (χ2v) is 6.62. The molecule has 1 saturated carbocycles. The van der Waals surface area contributed by atoms with Crippen molar-refractivity contribution in [3.63, 3.8) is 0 Å². The molecule has 0 amide bonds. The smallest absolute Gasteiger partial charge is 0.0821 e. The van der Waals surface area contributed by atoms with E-state index in [0.29, 0.717) is 6.54 Å². The summed E-state index contributed by atoms with van der Waals surface area (Å²) in [5.41, 5.74) is 1.69. The van der Waals surface area contributed by atoms with Crippen LogP contribution in [0.2, 0.25) is 5.02 Å². The number of anilines is 1. The average Bonchev–Trinajstić information content (AvgIpc) is 2.85. The third-order valence-corrected chi connectivity index (χ3v) is 4.57. The average molecular weight is 311 g/mol. The summed E-state index contributed by atoms with van der Waals surface area (Å²) in [6.07, 6.45) is 5.15. The maximum absolute atomic E-state index is 10.6. The number of para-hydroxylation sites is 1. The molecule has 0 spiro atoms. The number of nitrogens with zero attached hydrogens (tertiary/aromatic N) is 1. The first kappa shape index (κ1) is 16.6. The molecule has 2 N–H and O–H groups in total. The van der Waals surface area contributed by atoms with Gasteiger partial charge in [-0.3, -0.25) is 0 Å². The summed E-state index contributed by atoms with van der Waals surface area (Å²) in [6, 6.07) is 6.03. The van der Waals surface area contributed by atoms with Gasteiger partial charge in [-0.25, -0.2) is 0 Å². The van der Waals surface area contributed by atoms with Crippen molar-refractivity contribution in [3.8, 4) is 0 Å². The number of rotatable bonds is 7. The van der Waals surface area contributed by atoms with Gasteiger partial charge in [0.15, 0.2) is 0 Å². The standard InChI is InChI=1S/C17H27ClN2O/c1-3-11-19-12-14-7-6-8-15(18)16(14)20(2)13-17(21)9-4-5-10-17/h6-8,19,21H,3-5,9-13H2,1-2H3. The van der Waals surface area contributed by atoms with Gasteiger partial charge >= 0.3 is 0 Å². The Hall–Kier alpha value is -0.770. The first-order valence-corrected chi connectivity index (χ1v) is 8.35. The number of halogens is 1. The van der Waals surface area contributed by atoms with Gasteiger partial charge in [-0.05, 0) is 37.4 Å². The van der Waals surface area contributed by atoms with Crippen LogP contribution >= 0.6 is 11.6 Å². The van der Waals surface area contributed by atoms with Crippen molar-refractivity contribution in [1.29, 1.82) is 0 Å².